The number of nitrogens with zero attached hydrogens (tertiary/aromatic N) is 2. The van der Waals surface area contributed by atoms with Gasteiger partial charge in [0.1, 0.15) is 11.6 Å². The summed E-state index contributed by atoms with van der Waals surface area (Å²) in [6.45, 7) is 1.91. The highest BCUT2D eigenvalue weighted by molar-refractivity contribution is 5.83. The van der Waals surface area contributed by atoms with Crippen LogP contribution in [0.25, 0.3) is 0 Å². The van der Waals surface area contributed by atoms with Crippen LogP contribution in [0.4, 0.5) is 30.9 Å². The second-order valence-electron chi connectivity index (χ2n) is 3.90. The molecule has 6 nitrogen and oxygen atoms in total. The van der Waals surface area contributed by atoms with Gasteiger partial charge in [0, 0.05) is 6.07 Å². The van der Waals surface area contributed by atoms with Crippen LogP contribution >= 0.6 is 0 Å². The average Bonchev–Trinajstić information content (AvgIpc) is 2.44. The fraction of sp³-hybridized carbons (Fsp3) is 0.154. The molecule has 0 atom stereocenters. The SMILES string of the molecule is CCOC(=O)Nc1ccc(Nc2ccc(F)cc2F)nn1. The van der Waals surface area contributed by atoms with Crippen molar-refractivity contribution in [3.63, 3.8) is 0 Å². The van der Waals surface area contributed by atoms with Crippen LogP contribution in [-0.4, -0.2) is 22.9 Å². The molecule has 0 aliphatic carbocycles. The smallest absolute Gasteiger partial charge is 0.412 e. The summed E-state index contributed by atoms with van der Waals surface area (Å²) in [6, 6.07) is 6.07. The zero-order chi connectivity index (χ0) is 15.2. The molecular formula is C13H12F2N4O2. The van der Waals surface area contributed by atoms with Gasteiger partial charge in [-0.25, -0.2) is 13.6 Å². The second-order valence-corrected chi connectivity index (χ2v) is 3.90. The van der Waals surface area contributed by atoms with E-state index in [0.717, 1.165) is 12.1 Å². The Bertz CT molecular complexity index is 635. The molecule has 0 radical (unpaired) electrons. The maximum absolute atomic E-state index is 13.4. The van der Waals surface area contributed by atoms with Crippen LogP contribution in [0.1, 0.15) is 6.92 Å². The van der Waals surface area contributed by atoms with Crippen LogP contribution in [0.15, 0.2) is 30.3 Å². The molecule has 0 unspecified atom stereocenters. The van der Waals surface area contributed by atoms with Gasteiger partial charge in [0.15, 0.2) is 11.6 Å². The first-order valence-corrected chi connectivity index (χ1v) is 6.08. The number of benzene rings is 1. The summed E-state index contributed by atoms with van der Waals surface area (Å²) in [6.07, 6.45) is -0.642. The molecule has 8 heteroatoms. The molecule has 0 aliphatic rings. The molecule has 2 rings (SSSR count). The highest BCUT2D eigenvalue weighted by atomic mass is 19.1. The highest BCUT2D eigenvalue weighted by Gasteiger charge is 2.07. The summed E-state index contributed by atoms with van der Waals surface area (Å²) in [5.41, 5.74) is 0.0665. The van der Waals surface area contributed by atoms with E-state index in [0.29, 0.717) is 0 Å². The summed E-state index contributed by atoms with van der Waals surface area (Å²) in [5, 5.41) is 12.5. The molecule has 0 spiro atoms. The van der Waals surface area contributed by atoms with Gasteiger partial charge in [0.2, 0.25) is 0 Å². The Morgan fingerprint density at radius 1 is 1.19 bits per heavy atom. The Morgan fingerprint density at radius 3 is 2.52 bits per heavy atom. The molecule has 0 saturated heterocycles. The fourth-order valence-corrected chi connectivity index (χ4v) is 1.47. The maximum atomic E-state index is 13.4. The molecule has 2 aromatic rings. The van der Waals surface area contributed by atoms with Gasteiger partial charge in [0.05, 0.1) is 12.3 Å². The van der Waals surface area contributed by atoms with E-state index in [2.05, 4.69) is 25.6 Å². The van der Waals surface area contributed by atoms with Gasteiger partial charge in [-0.15, -0.1) is 10.2 Å². The first kappa shape index (κ1) is 14.6. The minimum atomic E-state index is -0.745. The number of nitrogens with one attached hydrogen (secondary N) is 2. The van der Waals surface area contributed by atoms with E-state index in [1.165, 1.54) is 18.2 Å². The number of rotatable bonds is 4. The minimum Gasteiger partial charge on any atom is -0.450 e. The molecule has 0 bridgehead atoms. The number of carbonyl (C=O) groups excluding carboxylic acids is 1. The van der Waals surface area contributed by atoms with Crippen molar-refractivity contribution < 1.29 is 18.3 Å². The van der Waals surface area contributed by atoms with Gasteiger partial charge in [-0.05, 0) is 31.2 Å². The number of amides is 1. The fourth-order valence-electron chi connectivity index (χ4n) is 1.47. The molecule has 1 aromatic heterocycles. The van der Waals surface area contributed by atoms with Crippen molar-refractivity contribution in [2.75, 3.05) is 17.2 Å². The van der Waals surface area contributed by atoms with Crippen molar-refractivity contribution in [2.45, 2.75) is 6.92 Å². The summed E-state index contributed by atoms with van der Waals surface area (Å²) in [7, 11) is 0. The van der Waals surface area contributed by atoms with Gasteiger partial charge in [-0.2, -0.15) is 0 Å². The molecule has 0 aliphatic heterocycles. The largest absolute Gasteiger partial charge is 0.450 e. The number of aromatic nitrogens is 2. The number of hydrogen-bond acceptors (Lipinski definition) is 5. The monoisotopic (exact) mass is 294 g/mol. The Morgan fingerprint density at radius 2 is 1.90 bits per heavy atom. The van der Waals surface area contributed by atoms with Crippen LogP contribution in [0, 0.1) is 11.6 Å². The predicted molar refractivity (Wildman–Crippen MR) is 72.3 cm³/mol. The van der Waals surface area contributed by atoms with Crippen molar-refractivity contribution in [3.8, 4) is 0 Å². The van der Waals surface area contributed by atoms with Crippen molar-refractivity contribution in [1.29, 1.82) is 0 Å². The molecule has 21 heavy (non-hydrogen) atoms. The molecular weight excluding hydrogens is 282 g/mol. The number of hydrogen-bond donors (Lipinski definition) is 2. The van der Waals surface area contributed by atoms with Crippen molar-refractivity contribution in [2.24, 2.45) is 0 Å². The van der Waals surface area contributed by atoms with E-state index in [-0.39, 0.29) is 23.9 Å². The van der Waals surface area contributed by atoms with Crippen LogP contribution in [0.3, 0.4) is 0 Å². The number of halogens is 2. The Kier molecular flexibility index (Phi) is 4.60. The van der Waals surface area contributed by atoms with E-state index in [1.54, 1.807) is 6.92 Å². The normalized spacial score (nSPS) is 10.0. The summed E-state index contributed by atoms with van der Waals surface area (Å²) >= 11 is 0. The van der Waals surface area contributed by atoms with Crippen molar-refractivity contribution >= 4 is 23.4 Å². The third-order valence-corrected chi connectivity index (χ3v) is 2.36. The Balaban J connectivity index is 2.03. The molecule has 2 N–H and O–H groups in total. The zero-order valence-electron chi connectivity index (χ0n) is 11.1. The summed E-state index contributed by atoms with van der Waals surface area (Å²) in [5.74, 6) is -0.975. The first-order valence-electron chi connectivity index (χ1n) is 6.08. The summed E-state index contributed by atoms with van der Waals surface area (Å²) in [4.78, 5) is 11.2. The van der Waals surface area contributed by atoms with Crippen molar-refractivity contribution in [1.82, 2.24) is 10.2 Å². The lowest BCUT2D eigenvalue weighted by atomic mass is 10.3. The van der Waals surface area contributed by atoms with Crippen LogP contribution in [-0.2, 0) is 4.74 Å². The van der Waals surface area contributed by atoms with Crippen LogP contribution in [0.5, 0.6) is 0 Å². The quantitative estimate of drug-likeness (QED) is 0.906. The molecule has 1 aromatic carbocycles. The molecule has 0 fully saturated rings. The van der Waals surface area contributed by atoms with E-state index in [1.807, 2.05) is 0 Å². The van der Waals surface area contributed by atoms with Gasteiger partial charge < -0.3 is 10.1 Å². The summed E-state index contributed by atoms with van der Waals surface area (Å²) < 4.78 is 30.9. The third kappa shape index (κ3) is 4.10. The van der Waals surface area contributed by atoms with Gasteiger partial charge in [-0.3, -0.25) is 5.32 Å². The van der Waals surface area contributed by atoms with Crippen LogP contribution in [0.2, 0.25) is 0 Å². The first-order chi connectivity index (χ1) is 10.1. The molecule has 110 valence electrons. The maximum Gasteiger partial charge on any atom is 0.412 e. The Hall–Kier alpha value is -2.77. The standard InChI is InChI=1S/C13H12F2N4O2/c1-2-21-13(20)17-12-6-5-11(18-19-12)16-10-4-3-8(14)7-9(10)15/h3-7H,2H2,1H3,(H,16,18)(H,17,19,20). The lowest BCUT2D eigenvalue weighted by Crippen LogP contribution is -2.14. The minimum absolute atomic E-state index is 0.0665. The van der Waals surface area contributed by atoms with E-state index in [4.69, 9.17) is 0 Å². The van der Waals surface area contributed by atoms with Gasteiger partial charge in [0.25, 0.3) is 0 Å². The topological polar surface area (TPSA) is 76.1 Å². The molecule has 1 heterocycles. The Labute approximate surface area is 119 Å². The average molecular weight is 294 g/mol. The van der Waals surface area contributed by atoms with E-state index < -0.39 is 17.7 Å². The van der Waals surface area contributed by atoms with Crippen LogP contribution < -0.4 is 10.6 Å². The number of carbonyl (C=O) groups is 1. The van der Waals surface area contributed by atoms with Gasteiger partial charge in [-0.1, -0.05) is 0 Å². The lowest BCUT2D eigenvalue weighted by molar-refractivity contribution is 0.168. The third-order valence-electron chi connectivity index (χ3n) is 2.36. The van der Waals surface area contributed by atoms with Crippen molar-refractivity contribution in [3.05, 3.63) is 42.0 Å². The molecule has 0 saturated carbocycles. The number of ether oxygens (including phenoxy) is 1. The van der Waals surface area contributed by atoms with E-state index in [9.17, 15) is 13.6 Å². The highest BCUT2D eigenvalue weighted by Crippen LogP contribution is 2.19. The lowest BCUT2D eigenvalue weighted by Gasteiger charge is -2.07. The van der Waals surface area contributed by atoms with E-state index >= 15 is 0 Å². The zero-order valence-corrected chi connectivity index (χ0v) is 11.1. The molecule has 1 amide bonds. The van der Waals surface area contributed by atoms with Gasteiger partial charge >= 0.3 is 6.09 Å². The second kappa shape index (κ2) is 6.60. The number of anilines is 3. The predicted octanol–water partition coefficient (Wildman–Crippen LogP) is 3.07.